The lowest BCUT2D eigenvalue weighted by atomic mass is 10.4. The average molecular weight is 153 g/mol. The molecule has 4 heteroatoms. The first-order chi connectivity index (χ1) is 5.24. The highest BCUT2D eigenvalue weighted by molar-refractivity contribution is 4.96. The Morgan fingerprint density at radius 3 is 3.00 bits per heavy atom. The van der Waals surface area contributed by atoms with Gasteiger partial charge in [0, 0.05) is 12.6 Å². The highest BCUT2D eigenvalue weighted by Crippen LogP contribution is 1.84. The van der Waals surface area contributed by atoms with Crippen LogP contribution in [-0.4, -0.2) is 16.3 Å². The van der Waals surface area contributed by atoms with Crippen LogP contribution >= 0.6 is 0 Å². The minimum Gasteiger partial charge on any atom is -0.329 e. The third-order valence-electron chi connectivity index (χ3n) is 1.34. The Kier molecular flexibility index (Phi) is 2.38. The first-order valence-electron chi connectivity index (χ1n) is 3.49. The molecule has 0 unspecified atom stereocenters. The van der Waals surface area contributed by atoms with Gasteiger partial charge >= 0.3 is 0 Å². The van der Waals surface area contributed by atoms with Crippen molar-refractivity contribution in [1.82, 2.24) is 9.78 Å². The van der Waals surface area contributed by atoms with E-state index in [-0.39, 0.29) is 5.56 Å². The summed E-state index contributed by atoms with van der Waals surface area (Å²) in [4.78, 5) is 11.0. The van der Waals surface area contributed by atoms with Crippen LogP contribution in [0.5, 0.6) is 0 Å². The van der Waals surface area contributed by atoms with E-state index in [1.165, 1.54) is 10.7 Å². The summed E-state index contributed by atoms with van der Waals surface area (Å²) in [5, 5.41) is 3.99. The number of hydrogen-bond acceptors (Lipinski definition) is 3. The molecule has 0 aliphatic rings. The Morgan fingerprint density at radius 2 is 2.36 bits per heavy atom. The van der Waals surface area contributed by atoms with Gasteiger partial charge in [-0.2, -0.15) is 5.10 Å². The van der Waals surface area contributed by atoms with Gasteiger partial charge in [-0.1, -0.05) is 0 Å². The molecule has 1 heterocycles. The van der Waals surface area contributed by atoms with E-state index in [4.69, 9.17) is 5.73 Å². The van der Waals surface area contributed by atoms with Gasteiger partial charge in [0.15, 0.2) is 0 Å². The third kappa shape index (κ3) is 1.88. The van der Waals surface area contributed by atoms with Gasteiger partial charge in [-0.3, -0.25) is 4.79 Å². The van der Waals surface area contributed by atoms with E-state index in [2.05, 4.69) is 5.10 Å². The lowest BCUT2D eigenvalue weighted by Gasteiger charge is -2.01. The molecule has 0 aliphatic carbocycles. The largest absolute Gasteiger partial charge is 0.329 e. The van der Waals surface area contributed by atoms with E-state index in [1.807, 2.05) is 6.92 Å². The maximum absolute atomic E-state index is 11.0. The molecule has 0 saturated heterocycles. The lowest BCUT2D eigenvalue weighted by molar-refractivity contribution is 0.579. The molecule has 1 aromatic rings. The zero-order chi connectivity index (χ0) is 8.27. The fourth-order valence-electron chi connectivity index (χ4n) is 0.833. The normalized spacial score (nSPS) is 10.0. The molecule has 0 saturated carbocycles. The van der Waals surface area contributed by atoms with Crippen molar-refractivity contribution in [2.45, 2.75) is 13.5 Å². The molecule has 1 rings (SSSR count). The summed E-state index contributed by atoms with van der Waals surface area (Å²) < 4.78 is 1.37. The second-order valence-corrected chi connectivity index (χ2v) is 2.32. The fourth-order valence-corrected chi connectivity index (χ4v) is 0.833. The van der Waals surface area contributed by atoms with Crippen LogP contribution < -0.4 is 11.3 Å². The molecule has 0 spiro atoms. The van der Waals surface area contributed by atoms with E-state index in [1.54, 1.807) is 6.07 Å². The smallest absolute Gasteiger partial charge is 0.266 e. The molecule has 0 amide bonds. The van der Waals surface area contributed by atoms with Gasteiger partial charge in [0.1, 0.15) is 0 Å². The predicted molar refractivity (Wildman–Crippen MR) is 42.3 cm³/mol. The van der Waals surface area contributed by atoms with Crippen molar-refractivity contribution >= 4 is 0 Å². The van der Waals surface area contributed by atoms with E-state index >= 15 is 0 Å². The molecule has 4 nitrogen and oxygen atoms in total. The van der Waals surface area contributed by atoms with Crippen LogP contribution in [0.4, 0.5) is 0 Å². The van der Waals surface area contributed by atoms with Crippen molar-refractivity contribution in [2.75, 3.05) is 6.54 Å². The highest BCUT2D eigenvalue weighted by atomic mass is 16.1. The van der Waals surface area contributed by atoms with Gasteiger partial charge in [0.25, 0.3) is 5.56 Å². The van der Waals surface area contributed by atoms with Crippen LogP contribution in [0, 0.1) is 6.92 Å². The number of nitrogens with two attached hydrogens (primary N) is 1. The summed E-state index contributed by atoms with van der Waals surface area (Å²) in [6.45, 7) is 2.77. The van der Waals surface area contributed by atoms with Crippen molar-refractivity contribution in [3.8, 4) is 0 Å². The summed E-state index contributed by atoms with van der Waals surface area (Å²) in [6, 6.07) is 3.19. The Bertz CT molecular complexity index is 292. The monoisotopic (exact) mass is 153 g/mol. The minimum absolute atomic E-state index is 0.0962. The summed E-state index contributed by atoms with van der Waals surface area (Å²) in [6.07, 6.45) is 0. The van der Waals surface area contributed by atoms with Gasteiger partial charge in [-0.15, -0.1) is 0 Å². The van der Waals surface area contributed by atoms with E-state index < -0.39 is 0 Å². The zero-order valence-electron chi connectivity index (χ0n) is 6.45. The van der Waals surface area contributed by atoms with Gasteiger partial charge < -0.3 is 5.73 Å². The molecular weight excluding hydrogens is 142 g/mol. The van der Waals surface area contributed by atoms with Crippen molar-refractivity contribution in [3.63, 3.8) is 0 Å². The third-order valence-corrected chi connectivity index (χ3v) is 1.34. The zero-order valence-corrected chi connectivity index (χ0v) is 6.45. The Balaban J connectivity index is 3.03. The number of aryl methyl sites for hydroxylation is 1. The topological polar surface area (TPSA) is 60.9 Å². The lowest BCUT2D eigenvalue weighted by Crippen LogP contribution is -2.25. The van der Waals surface area contributed by atoms with Gasteiger partial charge in [-0.25, -0.2) is 4.68 Å². The summed E-state index contributed by atoms with van der Waals surface area (Å²) in [5.74, 6) is 0. The van der Waals surface area contributed by atoms with Crippen molar-refractivity contribution in [1.29, 1.82) is 0 Å². The molecular formula is C7H11N3O. The molecule has 2 N–H and O–H groups in total. The molecule has 0 atom stereocenters. The summed E-state index contributed by atoms with van der Waals surface area (Å²) in [7, 11) is 0. The molecule has 0 aliphatic heterocycles. The minimum atomic E-state index is -0.0962. The second-order valence-electron chi connectivity index (χ2n) is 2.32. The first kappa shape index (κ1) is 7.94. The highest BCUT2D eigenvalue weighted by Gasteiger charge is 1.94. The van der Waals surface area contributed by atoms with Gasteiger partial charge in [0.2, 0.25) is 0 Å². The Hall–Kier alpha value is -1.16. The summed E-state index contributed by atoms with van der Waals surface area (Å²) in [5.41, 5.74) is 6.02. The quantitative estimate of drug-likeness (QED) is 0.623. The van der Waals surface area contributed by atoms with Crippen LogP contribution in [0.3, 0.4) is 0 Å². The Morgan fingerprint density at radius 1 is 1.64 bits per heavy atom. The van der Waals surface area contributed by atoms with Crippen LogP contribution in [0.2, 0.25) is 0 Å². The van der Waals surface area contributed by atoms with E-state index in [0.717, 1.165) is 5.69 Å². The molecule has 0 aromatic carbocycles. The molecule has 60 valence electrons. The molecule has 0 fully saturated rings. The van der Waals surface area contributed by atoms with E-state index in [9.17, 15) is 4.79 Å². The van der Waals surface area contributed by atoms with Crippen LogP contribution in [0.25, 0.3) is 0 Å². The van der Waals surface area contributed by atoms with Crippen molar-refractivity contribution < 1.29 is 0 Å². The van der Waals surface area contributed by atoms with Gasteiger partial charge in [-0.05, 0) is 13.0 Å². The number of aromatic nitrogens is 2. The standard InChI is InChI=1S/C7H11N3O/c1-6-2-3-7(11)10(9-6)5-4-8/h2-3H,4-5,8H2,1H3. The molecule has 0 bridgehead atoms. The fraction of sp³-hybridized carbons (Fsp3) is 0.429. The molecule has 1 aromatic heterocycles. The average Bonchev–Trinajstić information content (AvgIpc) is 1.98. The summed E-state index contributed by atoms with van der Waals surface area (Å²) >= 11 is 0. The van der Waals surface area contributed by atoms with Crippen LogP contribution in [0.1, 0.15) is 5.69 Å². The number of hydrogen-bond donors (Lipinski definition) is 1. The van der Waals surface area contributed by atoms with Gasteiger partial charge in [0.05, 0.1) is 12.2 Å². The van der Waals surface area contributed by atoms with Crippen molar-refractivity contribution in [2.24, 2.45) is 5.73 Å². The molecule has 0 radical (unpaired) electrons. The maximum atomic E-state index is 11.0. The van der Waals surface area contributed by atoms with E-state index in [0.29, 0.717) is 13.1 Å². The number of rotatable bonds is 2. The van der Waals surface area contributed by atoms with Crippen LogP contribution in [0.15, 0.2) is 16.9 Å². The Labute approximate surface area is 64.6 Å². The SMILES string of the molecule is Cc1ccc(=O)n(CCN)n1. The molecule has 11 heavy (non-hydrogen) atoms. The van der Waals surface area contributed by atoms with Crippen molar-refractivity contribution in [3.05, 3.63) is 28.2 Å². The maximum Gasteiger partial charge on any atom is 0.266 e. The predicted octanol–water partition coefficient (Wildman–Crippen LogP) is -0.490. The van der Waals surface area contributed by atoms with Crippen LogP contribution in [-0.2, 0) is 6.54 Å². The second kappa shape index (κ2) is 3.30. The first-order valence-corrected chi connectivity index (χ1v) is 3.49. The number of nitrogens with zero attached hydrogens (tertiary/aromatic N) is 2.